The Bertz CT molecular complexity index is 1320. The summed E-state index contributed by atoms with van der Waals surface area (Å²) in [4.78, 5) is 28.4. The van der Waals surface area contributed by atoms with Crippen molar-refractivity contribution in [1.82, 2.24) is 0 Å². The van der Waals surface area contributed by atoms with E-state index in [1.807, 2.05) is 48.5 Å². The molecule has 3 aromatic rings. The van der Waals surface area contributed by atoms with E-state index >= 15 is 0 Å². The van der Waals surface area contributed by atoms with Crippen molar-refractivity contribution < 1.29 is 9.59 Å². The summed E-state index contributed by atoms with van der Waals surface area (Å²) in [6.07, 6.45) is 4.24. The van der Waals surface area contributed by atoms with Crippen LogP contribution in [-0.2, 0) is 9.59 Å². The number of imide groups is 1. The van der Waals surface area contributed by atoms with Crippen LogP contribution in [0.2, 0.25) is 0 Å². The molecular weight excluding hydrogens is 422 g/mol. The van der Waals surface area contributed by atoms with E-state index in [1.165, 1.54) is 16.0 Å². The van der Waals surface area contributed by atoms with Crippen molar-refractivity contribution in [3.8, 4) is 0 Å². The number of nitrogens with zero attached hydrogens (tertiary/aromatic N) is 3. The first kappa shape index (κ1) is 20.5. The van der Waals surface area contributed by atoms with Gasteiger partial charge >= 0.3 is 0 Å². The molecule has 1 saturated carbocycles. The average Bonchev–Trinajstić information content (AvgIpc) is 3.53. The normalized spacial score (nSPS) is 25.0. The third kappa shape index (κ3) is 3.16. The lowest BCUT2D eigenvalue weighted by molar-refractivity contribution is -0.122. The number of rotatable bonds is 4. The number of hydrogen-bond acceptors (Lipinski definition) is 4. The quantitative estimate of drug-likeness (QED) is 0.261. The second-order valence-electron chi connectivity index (χ2n) is 9.00. The van der Waals surface area contributed by atoms with Crippen molar-refractivity contribution in [1.29, 1.82) is 0 Å². The zero-order chi connectivity index (χ0) is 23.2. The molecule has 4 atom stereocenters. The van der Waals surface area contributed by atoms with Gasteiger partial charge in [-0.25, -0.2) is 4.90 Å². The van der Waals surface area contributed by atoms with Crippen LogP contribution in [0.25, 0.3) is 5.57 Å². The zero-order valence-electron chi connectivity index (χ0n) is 18.7. The highest BCUT2D eigenvalue weighted by Gasteiger charge is 2.62. The van der Waals surface area contributed by atoms with Crippen LogP contribution in [0, 0.1) is 23.7 Å². The minimum absolute atomic E-state index is 0.0180. The minimum atomic E-state index is -0.325. The first-order chi connectivity index (χ1) is 16.6. The molecule has 0 unspecified atom stereocenters. The van der Waals surface area contributed by atoms with Crippen molar-refractivity contribution in [2.45, 2.75) is 6.92 Å². The van der Waals surface area contributed by atoms with E-state index in [-0.39, 0.29) is 35.5 Å². The summed E-state index contributed by atoms with van der Waals surface area (Å²) in [5, 5.41) is 8.47. The van der Waals surface area contributed by atoms with Crippen molar-refractivity contribution in [2.24, 2.45) is 33.9 Å². The van der Waals surface area contributed by atoms with Crippen LogP contribution < -0.4 is 4.90 Å². The van der Waals surface area contributed by atoms with Gasteiger partial charge in [0.1, 0.15) is 0 Å². The van der Waals surface area contributed by atoms with Gasteiger partial charge in [0.05, 0.1) is 28.9 Å². The summed E-state index contributed by atoms with van der Waals surface area (Å²) >= 11 is 0. The Balaban J connectivity index is 1.26. The molecule has 2 fully saturated rings. The predicted octanol–water partition coefficient (Wildman–Crippen LogP) is 6.50. The molecule has 0 N–H and O–H groups in total. The van der Waals surface area contributed by atoms with E-state index in [4.69, 9.17) is 0 Å². The highest BCUT2D eigenvalue weighted by atomic mass is 16.2. The number of anilines is 1. The minimum Gasteiger partial charge on any atom is -0.274 e. The molecule has 6 rings (SSSR count). The lowest BCUT2D eigenvalue weighted by Crippen LogP contribution is -2.33. The fourth-order valence-electron chi connectivity index (χ4n) is 5.65. The molecule has 2 amide bonds. The largest absolute Gasteiger partial charge is 0.274 e. The number of fused-ring (bicyclic) bond motifs is 5. The van der Waals surface area contributed by atoms with Crippen LogP contribution in [0.15, 0.2) is 113 Å². The molecule has 0 spiro atoms. The summed E-state index contributed by atoms with van der Waals surface area (Å²) in [5.41, 5.74) is 5.56. The Morgan fingerprint density at radius 2 is 1.18 bits per heavy atom. The lowest BCUT2D eigenvalue weighted by Gasteiger charge is -2.20. The molecule has 166 valence electrons. The summed E-state index contributed by atoms with van der Waals surface area (Å²) < 4.78 is 0. The Morgan fingerprint density at radius 3 is 1.74 bits per heavy atom. The Kier molecular flexibility index (Phi) is 4.84. The van der Waals surface area contributed by atoms with Crippen LogP contribution in [-0.4, -0.2) is 11.8 Å². The van der Waals surface area contributed by atoms with Gasteiger partial charge in [-0.05, 0) is 54.5 Å². The maximum atomic E-state index is 13.5. The third-order valence-corrected chi connectivity index (χ3v) is 7.20. The first-order valence-electron chi connectivity index (χ1n) is 11.5. The summed E-state index contributed by atoms with van der Waals surface area (Å²) in [7, 11) is 0. The third-order valence-electron chi connectivity index (χ3n) is 7.20. The molecule has 5 heteroatoms. The number of benzene rings is 3. The molecule has 5 nitrogen and oxygen atoms in total. The molecule has 2 aliphatic carbocycles. The fourth-order valence-corrected chi connectivity index (χ4v) is 5.65. The number of allylic oxidation sites excluding steroid dienone is 4. The topological polar surface area (TPSA) is 62.1 Å². The second kappa shape index (κ2) is 8.03. The van der Waals surface area contributed by atoms with Crippen LogP contribution in [0.3, 0.4) is 0 Å². The highest BCUT2D eigenvalue weighted by Crippen LogP contribution is 2.58. The maximum Gasteiger partial charge on any atom is 0.238 e. The van der Waals surface area contributed by atoms with Gasteiger partial charge in [-0.15, -0.1) is 0 Å². The zero-order valence-corrected chi connectivity index (χ0v) is 18.7. The van der Waals surface area contributed by atoms with E-state index in [2.05, 4.69) is 41.4 Å². The van der Waals surface area contributed by atoms with Crippen molar-refractivity contribution in [3.05, 3.63) is 108 Å². The van der Waals surface area contributed by atoms with Gasteiger partial charge < -0.3 is 0 Å². The lowest BCUT2D eigenvalue weighted by atomic mass is 9.85. The Hall–Kier alpha value is -4.12. The van der Waals surface area contributed by atoms with E-state index in [0.717, 1.165) is 11.3 Å². The molecule has 34 heavy (non-hydrogen) atoms. The van der Waals surface area contributed by atoms with Crippen LogP contribution in [0.4, 0.5) is 17.1 Å². The van der Waals surface area contributed by atoms with Gasteiger partial charge in [0, 0.05) is 11.8 Å². The predicted molar refractivity (Wildman–Crippen MR) is 132 cm³/mol. The number of carbonyl (C=O) groups excluding carboxylic acids is 2. The first-order valence-corrected chi connectivity index (χ1v) is 11.5. The molecule has 1 aliphatic heterocycles. The SMILES string of the molecule is CC(=C1[C@H]2C=C[C@H]1[C@@H]1C(=O)N(c3ccc(N=Nc4ccccc4)cc3)C(=O)[C@H]12)c1ccccc1. The van der Waals surface area contributed by atoms with Gasteiger partial charge in [0.25, 0.3) is 0 Å². The molecule has 0 aromatic heterocycles. The van der Waals surface area contributed by atoms with Crippen molar-refractivity contribution in [2.75, 3.05) is 4.90 Å². The summed E-state index contributed by atoms with van der Waals surface area (Å²) in [5.74, 6) is -0.902. The van der Waals surface area contributed by atoms with Crippen LogP contribution in [0.5, 0.6) is 0 Å². The Morgan fingerprint density at radius 1 is 0.676 bits per heavy atom. The standard InChI is InChI=1S/C29H23N3O2/c1-18(19-8-4-2-5-9-19)25-23-16-17-24(25)27-26(23)28(33)32(29(27)34)22-14-12-21(13-15-22)31-30-20-10-6-3-7-11-20/h2-17,23-24,26-27H,1H3/t23-,24-,26+,27+/m1/s1. The van der Waals surface area contributed by atoms with Crippen LogP contribution in [0.1, 0.15) is 12.5 Å². The maximum absolute atomic E-state index is 13.5. The average molecular weight is 446 g/mol. The van der Waals surface area contributed by atoms with Gasteiger partial charge in [0.15, 0.2) is 0 Å². The molecule has 3 aromatic carbocycles. The van der Waals surface area contributed by atoms with E-state index in [9.17, 15) is 9.59 Å². The van der Waals surface area contributed by atoms with Gasteiger partial charge in [-0.2, -0.15) is 10.2 Å². The van der Waals surface area contributed by atoms with Crippen LogP contribution >= 0.6 is 0 Å². The monoisotopic (exact) mass is 445 g/mol. The molecule has 3 aliphatic rings. The number of azo groups is 1. The molecule has 2 bridgehead atoms. The highest BCUT2D eigenvalue weighted by molar-refractivity contribution is 6.23. The molecule has 0 radical (unpaired) electrons. The van der Waals surface area contributed by atoms with Gasteiger partial charge in [-0.3, -0.25) is 9.59 Å². The smallest absolute Gasteiger partial charge is 0.238 e. The fraction of sp³-hybridized carbons (Fsp3) is 0.172. The number of amides is 2. The Labute approximate surface area is 198 Å². The van der Waals surface area contributed by atoms with E-state index in [0.29, 0.717) is 11.4 Å². The summed E-state index contributed by atoms with van der Waals surface area (Å²) in [6, 6.07) is 26.8. The van der Waals surface area contributed by atoms with E-state index < -0.39 is 0 Å². The van der Waals surface area contributed by atoms with Gasteiger partial charge in [-0.1, -0.05) is 66.3 Å². The second-order valence-corrected chi connectivity index (χ2v) is 9.00. The molecular formula is C29H23N3O2. The van der Waals surface area contributed by atoms with E-state index in [1.54, 1.807) is 24.3 Å². The molecule has 1 heterocycles. The summed E-state index contributed by atoms with van der Waals surface area (Å²) in [6.45, 7) is 2.11. The van der Waals surface area contributed by atoms with Gasteiger partial charge in [0.2, 0.25) is 11.8 Å². The molecule has 1 saturated heterocycles. The number of carbonyl (C=O) groups is 2. The van der Waals surface area contributed by atoms with Crippen molar-refractivity contribution >= 4 is 34.4 Å². The van der Waals surface area contributed by atoms with Crippen molar-refractivity contribution in [3.63, 3.8) is 0 Å². The number of hydrogen-bond donors (Lipinski definition) is 0.